The van der Waals surface area contributed by atoms with Gasteiger partial charge in [-0.1, -0.05) is 110 Å². The molecule has 107 heavy (non-hydrogen) atoms. The topological polar surface area (TPSA) is 242 Å². The van der Waals surface area contributed by atoms with Gasteiger partial charge in [0.1, 0.15) is 36.4 Å². The molecule has 0 saturated carbocycles. The highest BCUT2D eigenvalue weighted by atomic mass is 35.5. The van der Waals surface area contributed by atoms with Gasteiger partial charge in [0.15, 0.2) is 0 Å². The lowest BCUT2D eigenvalue weighted by atomic mass is 9.99. The number of amides is 3. The largest absolute Gasteiger partial charge is 0.365 e. The molecule has 3 saturated heterocycles. The molecule has 4 aromatic heterocycles. The van der Waals surface area contributed by atoms with Gasteiger partial charge in [-0.2, -0.15) is 56.3 Å². The lowest BCUT2D eigenvalue weighted by Crippen LogP contribution is -2.55. The summed E-state index contributed by atoms with van der Waals surface area (Å²) in [6.07, 6.45) is 11.9. The van der Waals surface area contributed by atoms with Gasteiger partial charge in [-0.15, -0.1) is 0 Å². The minimum Gasteiger partial charge on any atom is -0.365 e. The van der Waals surface area contributed by atoms with E-state index >= 15 is 0 Å². The highest BCUT2D eigenvalue weighted by molar-refractivity contribution is 7.59. The van der Waals surface area contributed by atoms with Gasteiger partial charge in [0, 0.05) is 151 Å². The van der Waals surface area contributed by atoms with Gasteiger partial charge in [-0.25, -0.2) is 29.9 Å². The fraction of sp³-hybridized carbons (Fsp3) is 0.346. The number of nitrogens with zero attached hydrogens (tertiary/aromatic N) is 19. The Balaban J connectivity index is 0.000000169. The first-order valence-corrected chi connectivity index (χ1v) is 35.9. The molecule has 15 rings (SSSR count). The van der Waals surface area contributed by atoms with Gasteiger partial charge < -0.3 is 44.1 Å². The number of piperazine rings is 3. The quantitative estimate of drug-likeness (QED) is 0.103. The number of carbonyl (C=O) groups is 3. The molecule has 10 heterocycles. The predicted octanol–water partition coefficient (Wildman–Crippen LogP) is 11.8. The molecule has 3 fully saturated rings. The zero-order chi connectivity index (χ0) is 72.7. The molecule has 5 aromatic carbocycles. The van der Waals surface area contributed by atoms with Crippen molar-refractivity contribution in [3.63, 3.8) is 0 Å². The molecule has 0 bridgehead atoms. The van der Waals surface area contributed by atoms with Crippen LogP contribution in [0.2, 0.25) is 5.02 Å². The number of fused-ring (bicyclic) bond motifs is 6. The van der Waals surface area contributed by atoms with Crippen molar-refractivity contribution in [2.24, 2.45) is 0 Å². The summed E-state index contributed by atoms with van der Waals surface area (Å²) in [7, 11) is 0. The summed E-state index contributed by atoms with van der Waals surface area (Å²) in [5.41, 5.74) is 12.8. The minimum atomic E-state index is -0.201. The molecule has 0 aliphatic carbocycles. The summed E-state index contributed by atoms with van der Waals surface area (Å²) < 4.78 is 0. The molecular formula is C81H90ClN19O3S3. The average molecular weight is 1510 g/mol. The number of aryl methyl sites for hydroxylation is 1. The van der Waals surface area contributed by atoms with Crippen LogP contribution in [0.5, 0.6) is 0 Å². The molecule has 22 nitrogen and oxygen atoms in total. The first-order chi connectivity index (χ1) is 50.5. The summed E-state index contributed by atoms with van der Waals surface area (Å²) in [5, 5.41) is 35.9. The second-order valence-corrected chi connectivity index (χ2v) is 28.0. The number of rotatable bonds is 12. The Morgan fingerprint density at radius 3 is 1.27 bits per heavy atom. The number of benzene rings is 5. The molecule has 3 atom stereocenters. The Bertz CT molecular complexity index is 4760. The zero-order valence-electron chi connectivity index (χ0n) is 60.9. The maximum absolute atomic E-state index is 12.6. The smallest absolute Gasteiger partial charge is 0.249 e. The maximum Gasteiger partial charge on any atom is 0.249 e. The van der Waals surface area contributed by atoms with Crippen molar-refractivity contribution in [2.45, 2.75) is 104 Å². The number of halogens is 1. The van der Waals surface area contributed by atoms with E-state index in [0.717, 1.165) is 109 Å². The molecule has 0 radical (unpaired) electrons. The lowest BCUT2D eigenvalue weighted by Gasteiger charge is -2.42. The van der Waals surface area contributed by atoms with E-state index in [0.29, 0.717) is 87.2 Å². The second kappa shape index (κ2) is 35.3. The summed E-state index contributed by atoms with van der Waals surface area (Å²) in [4.78, 5) is 89.2. The number of hydrogen-bond donors (Lipinski definition) is 0. The fourth-order valence-electron chi connectivity index (χ4n) is 15.6. The van der Waals surface area contributed by atoms with E-state index in [1.165, 1.54) is 49.6 Å². The van der Waals surface area contributed by atoms with Crippen LogP contribution in [0.4, 0.5) is 34.5 Å². The van der Waals surface area contributed by atoms with Gasteiger partial charge in [0.2, 0.25) is 17.7 Å². The van der Waals surface area contributed by atoms with E-state index in [1.807, 2.05) is 30.6 Å². The van der Waals surface area contributed by atoms with Crippen LogP contribution in [0, 0.1) is 40.9 Å². The third-order valence-corrected chi connectivity index (χ3v) is 21.1. The van der Waals surface area contributed by atoms with Crippen LogP contribution in [0.1, 0.15) is 79.4 Å². The van der Waals surface area contributed by atoms with Crippen LogP contribution in [0.3, 0.4) is 0 Å². The van der Waals surface area contributed by atoms with Gasteiger partial charge in [0.05, 0.1) is 109 Å². The SMILES string of the molecule is C=C(C)C(=O)N1CCN(c2ncnc3c2CCN(c2cccc4cccc(C)c24)C3)C[C@@H]1CC#N.C=C(C)C(=O)N1CCN(c2ncnc3c2CCN(c2cccc4ccccc24)C3)C[C@@H]1CC#N.C=C(C)C(=O)N1CCN(c2ncnc3c2CCN(c2cncc4cccc(Cl)c24)C3)C[C@@H]1CC#N.S.S.S. The number of hydrogen-bond acceptors (Lipinski definition) is 19. The van der Waals surface area contributed by atoms with Crippen molar-refractivity contribution < 1.29 is 14.4 Å². The van der Waals surface area contributed by atoms with E-state index in [1.54, 1.807) is 54.5 Å². The van der Waals surface area contributed by atoms with E-state index < -0.39 is 0 Å². The number of aromatic nitrogens is 7. The van der Waals surface area contributed by atoms with Crippen molar-refractivity contribution in [2.75, 3.05) is 108 Å². The van der Waals surface area contributed by atoms with Gasteiger partial charge in [0.25, 0.3) is 0 Å². The first kappa shape index (κ1) is 79.1. The van der Waals surface area contributed by atoms with Gasteiger partial charge in [-0.3, -0.25) is 19.4 Å². The Hall–Kier alpha value is -10.5. The van der Waals surface area contributed by atoms with Crippen molar-refractivity contribution >= 4 is 137 Å². The Morgan fingerprint density at radius 1 is 0.439 bits per heavy atom. The lowest BCUT2D eigenvalue weighted by molar-refractivity contribution is -0.130. The van der Waals surface area contributed by atoms with E-state index in [4.69, 9.17) is 11.6 Å². The maximum atomic E-state index is 12.6. The normalized spacial score (nSPS) is 17.3. The van der Waals surface area contributed by atoms with Crippen LogP contribution >= 0.6 is 52.1 Å². The van der Waals surface area contributed by atoms with Crippen LogP contribution in [0.15, 0.2) is 165 Å². The monoisotopic (exact) mass is 1510 g/mol. The van der Waals surface area contributed by atoms with E-state index in [-0.39, 0.29) is 95.6 Å². The van der Waals surface area contributed by atoms with Crippen LogP contribution < -0.4 is 29.4 Å². The van der Waals surface area contributed by atoms with E-state index in [2.05, 4.69) is 188 Å². The van der Waals surface area contributed by atoms with E-state index in [9.17, 15) is 30.2 Å². The van der Waals surface area contributed by atoms with Crippen molar-refractivity contribution in [1.82, 2.24) is 49.6 Å². The van der Waals surface area contributed by atoms with Gasteiger partial charge in [-0.05, 0) is 81.5 Å². The number of carbonyl (C=O) groups excluding carboxylic acids is 3. The van der Waals surface area contributed by atoms with Crippen molar-refractivity contribution in [3.05, 3.63) is 209 Å². The first-order valence-electron chi connectivity index (χ1n) is 35.5. The van der Waals surface area contributed by atoms with Crippen molar-refractivity contribution in [3.8, 4) is 18.2 Å². The Morgan fingerprint density at radius 2 is 0.822 bits per heavy atom. The highest BCUT2D eigenvalue weighted by Crippen LogP contribution is 2.39. The molecule has 0 spiro atoms. The molecule has 9 aromatic rings. The summed E-state index contributed by atoms with van der Waals surface area (Å²) in [6, 6.07) is 39.9. The third kappa shape index (κ3) is 16.7. The fourth-order valence-corrected chi connectivity index (χ4v) is 15.9. The summed E-state index contributed by atoms with van der Waals surface area (Å²) in [5.74, 6) is 2.54. The second-order valence-electron chi connectivity index (χ2n) is 27.6. The predicted molar refractivity (Wildman–Crippen MR) is 439 cm³/mol. The van der Waals surface area contributed by atoms with Crippen LogP contribution in [-0.4, -0.2) is 164 Å². The Kier molecular flexibility index (Phi) is 26.1. The summed E-state index contributed by atoms with van der Waals surface area (Å²) >= 11 is 6.56. The Labute approximate surface area is 651 Å². The van der Waals surface area contributed by atoms with Crippen molar-refractivity contribution in [1.29, 1.82) is 15.8 Å². The highest BCUT2D eigenvalue weighted by Gasteiger charge is 2.38. The molecule has 6 aliphatic heterocycles. The number of anilines is 6. The molecular weight excluding hydrogens is 1420 g/mol. The van der Waals surface area contributed by atoms with Crippen LogP contribution in [0.25, 0.3) is 32.3 Å². The number of pyridine rings is 1. The van der Waals surface area contributed by atoms with Crippen LogP contribution in [-0.2, 0) is 53.3 Å². The molecule has 0 unspecified atom stereocenters. The number of nitriles is 3. The third-order valence-electron chi connectivity index (χ3n) is 20.8. The molecule has 0 N–H and O–H groups in total. The minimum absolute atomic E-state index is 0. The van der Waals surface area contributed by atoms with Gasteiger partial charge >= 0.3 is 0 Å². The molecule has 26 heteroatoms. The molecule has 6 aliphatic rings. The molecule has 3 amide bonds. The zero-order valence-corrected chi connectivity index (χ0v) is 64.7. The molecule has 552 valence electrons. The summed E-state index contributed by atoms with van der Waals surface area (Å²) in [6.45, 7) is 28.7. The average Bonchev–Trinajstić information content (AvgIpc) is 0.779. The standard InChI is InChI=1S/C28H30N6O.C27H28N6O.C26H26ClN7O.3H2S/c1-19(2)28(35)34-15-14-33(16-22(34)10-12-29)27-23-11-13-32(17-24(23)30-18-31-27)25-9-5-8-21-7-4-6-20(3)26(21)25;1-19(2)27(34)33-15-14-32(16-21(33)10-12-28)26-23-11-13-31(17-24(23)29-18-30-26)25-9-5-7-20-6-3-4-8-22(20)25;1-17(2)26(35)34-11-10-33(14-19(34)6-8-28)25-20-7-9-32(15-22(20)30-16-31-25)23-13-29-12-18-4-3-5-21(27)24(18)23;;;/h4-9,18,22H,1,10-11,13-17H2,2-3H3;3-9,18,21H,1,10-11,13-17H2,2H3;3-5,12-13,16,19H,1,6-7,9-11,14-15H2,2H3;3*1H2/t22-;21-;19-;;;/m000.../s1.